The summed E-state index contributed by atoms with van der Waals surface area (Å²) in [6.45, 7) is 0. The molecule has 1 N–H and O–H groups in total. The Labute approximate surface area is 118 Å². The first kappa shape index (κ1) is 14.3. The molecular weight excluding hydrogens is 256 g/mol. The van der Waals surface area contributed by atoms with Gasteiger partial charge in [0.15, 0.2) is 11.5 Å². The zero-order valence-electron chi connectivity index (χ0n) is 12.3. The molecule has 0 amide bonds. The molecule has 6 nitrogen and oxygen atoms in total. The van der Waals surface area contributed by atoms with Gasteiger partial charge in [-0.05, 0) is 24.7 Å². The SMILES string of the molecule is CNC(Cc1ncnn1C)c1ccc(OC)c(OC)c1. The average molecular weight is 276 g/mol. The van der Waals surface area contributed by atoms with Crippen LogP contribution < -0.4 is 14.8 Å². The summed E-state index contributed by atoms with van der Waals surface area (Å²) in [4.78, 5) is 4.26. The summed E-state index contributed by atoms with van der Waals surface area (Å²) in [5.41, 5.74) is 1.12. The smallest absolute Gasteiger partial charge is 0.161 e. The number of nitrogens with one attached hydrogen (secondary N) is 1. The number of nitrogens with zero attached hydrogens (tertiary/aromatic N) is 3. The lowest BCUT2D eigenvalue weighted by molar-refractivity contribution is 0.354. The van der Waals surface area contributed by atoms with Crippen molar-refractivity contribution in [1.29, 1.82) is 0 Å². The van der Waals surface area contributed by atoms with Gasteiger partial charge in [-0.25, -0.2) is 4.98 Å². The van der Waals surface area contributed by atoms with Gasteiger partial charge >= 0.3 is 0 Å². The van der Waals surface area contributed by atoms with E-state index in [1.165, 1.54) is 0 Å². The summed E-state index contributed by atoms with van der Waals surface area (Å²) in [7, 11) is 7.09. The molecule has 0 aliphatic heterocycles. The molecule has 2 rings (SSSR count). The fourth-order valence-electron chi connectivity index (χ4n) is 2.14. The molecule has 1 aromatic heterocycles. The third-order valence-corrected chi connectivity index (χ3v) is 3.35. The molecule has 0 aliphatic rings. The first-order valence-electron chi connectivity index (χ1n) is 6.41. The molecule has 0 fully saturated rings. The molecule has 20 heavy (non-hydrogen) atoms. The van der Waals surface area contributed by atoms with Gasteiger partial charge in [-0.2, -0.15) is 5.10 Å². The molecule has 2 aromatic rings. The van der Waals surface area contributed by atoms with Crippen LogP contribution in [0.25, 0.3) is 0 Å². The lowest BCUT2D eigenvalue weighted by Gasteiger charge is -2.18. The summed E-state index contributed by atoms with van der Waals surface area (Å²) in [6, 6.07) is 6.06. The van der Waals surface area contributed by atoms with Crippen molar-refractivity contribution in [3.05, 3.63) is 35.9 Å². The summed E-state index contributed by atoms with van der Waals surface area (Å²) < 4.78 is 12.4. The van der Waals surface area contributed by atoms with Crippen LogP contribution in [0.2, 0.25) is 0 Å². The van der Waals surface area contributed by atoms with Crippen LogP contribution in [-0.2, 0) is 13.5 Å². The Balaban J connectivity index is 2.25. The van der Waals surface area contributed by atoms with E-state index in [1.54, 1.807) is 25.2 Å². The summed E-state index contributed by atoms with van der Waals surface area (Å²) in [6.07, 6.45) is 2.32. The average Bonchev–Trinajstić information content (AvgIpc) is 2.89. The Morgan fingerprint density at radius 2 is 2.00 bits per heavy atom. The van der Waals surface area contributed by atoms with Crippen LogP contribution in [0.1, 0.15) is 17.4 Å². The molecule has 0 bridgehead atoms. The molecule has 1 unspecified atom stereocenters. The minimum Gasteiger partial charge on any atom is -0.493 e. The van der Waals surface area contributed by atoms with Crippen LogP contribution in [0, 0.1) is 0 Å². The molecule has 1 atom stereocenters. The zero-order chi connectivity index (χ0) is 14.5. The lowest BCUT2D eigenvalue weighted by Crippen LogP contribution is -2.20. The van der Waals surface area contributed by atoms with Gasteiger partial charge in [0.05, 0.1) is 14.2 Å². The van der Waals surface area contributed by atoms with E-state index in [4.69, 9.17) is 9.47 Å². The van der Waals surface area contributed by atoms with Crippen LogP contribution in [-0.4, -0.2) is 36.0 Å². The highest BCUT2D eigenvalue weighted by atomic mass is 16.5. The van der Waals surface area contributed by atoms with Crippen LogP contribution >= 0.6 is 0 Å². The van der Waals surface area contributed by atoms with E-state index in [0.29, 0.717) is 0 Å². The second kappa shape index (κ2) is 6.38. The summed E-state index contributed by atoms with van der Waals surface area (Å²) in [5, 5.41) is 7.39. The number of benzene rings is 1. The van der Waals surface area contributed by atoms with Gasteiger partial charge in [-0.1, -0.05) is 6.07 Å². The second-order valence-electron chi connectivity index (χ2n) is 4.46. The lowest BCUT2D eigenvalue weighted by atomic mass is 10.0. The second-order valence-corrected chi connectivity index (χ2v) is 4.46. The van der Waals surface area contributed by atoms with Crippen LogP contribution in [0.5, 0.6) is 11.5 Å². The molecule has 1 aromatic carbocycles. The largest absolute Gasteiger partial charge is 0.493 e. The van der Waals surface area contributed by atoms with E-state index in [-0.39, 0.29) is 6.04 Å². The maximum absolute atomic E-state index is 5.34. The third-order valence-electron chi connectivity index (χ3n) is 3.35. The van der Waals surface area contributed by atoms with E-state index in [0.717, 1.165) is 29.3 Å². The van der Waals surface area contributed by atoms with Crippen molar-refractivity contribution >= 4 is 0 Å². The van der Waals surface area contributed by atoms with Crippen molar-refractivity contribution < 1.29 is 9.47 Å². The van der Waals surface area contributed by atoms with E-state index in [1.807, 2.05) is 32.3 Å². The Bertz CT molecular complexity index is 568. The van der Waals surface area contributed by atoms with Crippen LogP contribution in [0.4, 0.5) is 0 Å². The van der Waals surface area contributed by atoms with E-state index in [9.17, 15) is 0 Å². The number of aryl methyl sites for hydroxylation is 1. The normalized spacial score (nSPS) is 12.2. The van der Waals surface area contributed by atoms with Crippen molar-refractivity contribution in [1.82, 2.24) is 20.1 Å². The van der Waals surface area contributed by atoms with Gasteiger partial charge in [0.2, 0.25) is 0 Å². The summed E-state index contributed by atoms with van der Waals surface area (Å²) >= 11 is 0. The standard InChI is InChI=1S/C14H20N4O2/c1-15-11(8-14-16-9-17-18(14)2)10-5-6-12(19-3)13(7-10)20-4/h5-7,9,11,15H,8H2,1-4H3. The minimum absolute atomic E-state index is 0.137. The van der Waals surface area contributed by atoms with Crippen molar-refractivity contribution in [2.24, 2.45) is 7.05 Å². The topological polar surface area (TPSA) is 61.2 Å². The first-order chi connectivity index (χ1) is 9.69. The fourth-order valence-corrected chi connectivity index (χ4v) is 2.14. The highest BCUT2D eigenvalue weighted by molar-refractivity contribution is 5.43. The third kappa shape index (κ3) is 2.91. The van der Waals surface area contributed by atoms with E-state index in [2.05, 4.69) is 15.4 Å². The van der Waals surface area contributed by atoms with Gasteiger partial charge in [0, 0.05) is 19.5 Å². The van der Waals surface area contributed by atoms with Crippen molar-refractivity contribution in [3.63, 3.8) is 0 Å². The zero-order valence-corrected chi connectivity index (χ0v) is 12.3. The van der Waals surface area contributed by atoms with Gasteiger partial charge in [-0.3, -0.25) is 4.68 Å². The van der Waals surface area contributed by atoms with Crippen molar-refractivity contribution in [3.8, 4) is 11.5 Å². The highest BCUT2D eigenvalue weighted by Gasteiger charge is 2.15. The number of hydrogen-bond acceptors (Lipinski definition) is 5. The number of likely N-dealkylation sites (N-methyl/N-ethyl adjacent to an activating group) is 1. The van der Waals surface area contributed by atoms with Gasteiger partial charge < -0.3 is 14.8 Å². The molecule has 0 radical (unpaired) electrons. The number of hydrogen-bond donors (Lipinski definition) is 1. The molecule has 108 valence electrons. The van der Waals surface area contributed by atoms with E-state index < -0.39 is 0 Å². The highest BCUT2D eigenvalue weighted by Crippen LogP contribution is 2.30. The number of aromatic nitrogens is 3. The van der Waals surface area contributed by atoms with Crippen molar-refractivity contribution in [2.45, 2.75) is 12.5 Å². The molecular formula is C14H20N4O2. The Kier molecular flexibility index (Phi) is 4.57. The summed E-state index contributed by atoms with van der Waals surface area (Å²) in [5.74, 6) is 2.38. The van der Waals surface area contributed by atoms with E-state index >= 15 is 0 Å². The molecule has 1 heterocycles. The Morgan fingerprint density at radius 1 is 1.25 bits per heavy atom. The number of rotatable bonds is 6. The predicted molar refractivity (Wildman–Crippen MR) is 76.1 cm³/mol. The monoisotopic (exact) mass is 276 g/mol. The predicted octanol–water partition coefficient (Wildman–Crippen LogP) is 1.34. The Morgan fingerprint density at radius 3 is 2.55 bits per heavy atom. The molecule has 0 saturated carbocycles. The number of methoxy groups -OCH3 is 2. The van der Waals surface area contributed by atoms with Crippen LogP contribution in [0.3, 0.4) is 0 Å². The first-order valence-corrected chi connectivity index (χ1v) is 6.41. The minimum atomic E-state index is 0.137. The van der Waals surface area contributed by atoms with Gasteiger partial charge in [0.25, 0.3) is 0 Å². The quantitative estimate of drug-likeness (QED) is 0.862. The van der Waals surface area contributed by atoms with Crippen LogP contribution in [0.15, 0.2) is 24.5 Å². The van der Waals surface area contributed by atoms with Crippen molar-refractivity contribution in [2.75, 3.05) is 21.3 Å². The fraction of sp³-hybridized carbons (Fsp3) is 0.429. The molecule has 0 spiro atoms. The molecule has 0 aliphatic carbocycles. The Hall–Kier alpha value is -2.08. The van der Waals surface area contributed by atoms with Gasteiger partial charge in [-0.15, -0.1) is 0 Å². The molecule has 0 saturated heterocycles. The van der Waals surface area contributed by atoms with Gasteiger partial charge in [0.1, 0.15) is 12.2 Å². The maximum atomic E-state index is 5.34. The number of ether oxygens (including phenoxy) is 2. The maximum Gasteiger partial charge on any atom is 0.161 e. The molecule has 6 heteroatoms.